The van der Waals surface area contributed by atoms with Crippen LogP contribution in [-0.2, 0) is 0 Å². The summed E-state index contributed by atoms with van der Waals surface area (Å²) in [6, 6.07) is 24.0. The van der Waals surface area contributed by atoms with Crippen molar-refractivity contribution in [3.05, 3.63) is 89.0 Å². The van der Waals surface area contributed by atoms with E-state index in [-0.39, 0.29) is 0 Å². The highest BCUT2D eigenvalue weighted by Crippen LogP contribution is 2.33. The first-order valence-electron chi connectivity index (χ1n) is 16.9. The highest BCUT2D eigenvalue weighted by molar-refractivity contribution is 6.71. The Morgan fingerprint density at radius 3 is 1.00 bits per heavy atom. The summed E-state index contributed by atoms with van der Waals surface area (Å²) in [6.07, 6.45) is 0. The fraction of sp³-hybridized carbons (Fsp3) is 0.538. The van der Waals surface area contributed by atoms with Crippen molar-refractivity contribution in [1.82, 2.24) is 0 Å². The van der Waals surface area contributed by atoms with E-state index in [9.17, 15) is 0 Å². The summed E-state index contributed by atoms with van der Waals surface area (Å²) in [5.74, 6) is 2.42. The van der Waals surface area contributed by atoms with Crippen LogP contribution in [0.1, 0.15) is 101 Å². The van der Waals surface area contributed by atoms with E-state index in [4.69, 9.17) is 0 Å². The zero-order valence-electron chi connectivity index (χ0n) is 31.3. The van der Waals surface area contributed by atoms with Crippen molar-refractivity contribution in [2.75, 3.05) is 19.0 Å². The molecule has 0 fully saturated rings. The smallest absolute Gasteiger partial charge is 0.170 e. The lowest BCUT2D eigenvalue weighted by atomic mass is 9.46. The molecule has 236 valence electrons. The summed E-state index contributed by atoms with van der Waals surface area (Å²) in [5, 5.41) is 0. The van der Waals surface area contributed by atoms with Gasteiger partial charge in [0.15, 0.2) is 13.4 Å². The van der Waals surface area contributed by atoms with Crippen LogP contribution < -0.4 is 15.8 Å². The van der Waals surface area contributed by atoms with E-state index in [0.717, 1.165) is 6.71 Å². The van der Waals surface area contributed by atoms with Crippen molar-refractivity contribution in [3.63, 3.8) is 0 Å². The molecule has 0 spiro atoms. The van der Waals surface area contributed by atoms with Crippen LogP contribution in [0.3, 0.4) is 0 Å². The molecule has 3 aromatic rings. The molecule has 0 unspecified atom stereocenters. The molecule has 0 bridgehead atoms. The number of hydrogen-bond donors (Lipinski definition) is 0. The van der Waals surface area contributed by atoms with E-state index in [2.05, 4.69) is 183 Å². The van der Waals surface area contributed by atoms with E-state index in [1.54, 1.807) is 5.46 Å². The summed E-state index contributed by atoms with van der Waals surface area (Å²) in [6.45, 7) is 35.8. The topological polar surface area (TPSA) is 3.24 Å². The second-order valence-electron chi connectivity index (χ2n) is 14.6. The summed E-state index contributed by atoms with van der Waals surface area (Å²) < 4.78 is 0. The molecule has 0 aliphatic rings. The van der Waals surface area contributed by atoms with Gasteiger partial charge in [0, 0.05) is 19.8 Å². The summed E-state index contributed by atoms with van der Waals surface area (Å²) in [5.41, 5.74) is 10.3. The monoisotopic (exact) mass is 582 g/mol. The van der Waals surface area contributed by atoms with E-state index >= 15 is 0 Å². The van der Waals surface area contributed by atoms with Gasteiger partial charge in [-0.2, -0.15) is 0 Å². The van der Waals surface area contributed by atoms with Crippen molar-refractivity contribution in [2.24, 2.45) is 0 Å². The minimum atomic E-state index is 0.584. The zero-order chi connectivity index (χ0) is 33.4. The first-order valence-corrected chi connectivity index (χ1v) is 16.9. The van der Waals surface area contributed by atoms with Gasteiger partial charge < -0.3 is 4.90 Å². The minimum Gasteiger partial charge on any atom is -0.377 e. The van der Waals surface area contributed by atoms with Gasteiger partial charge in [-0.1, -0.05) is 192 Å². The Labute approximate surface area is 270 Å². The van der Waals surface area contributed by atoms with Gasteiger partial charge >= 0.3 is 0 Å². The molecule has 0 radical (unpaired) electrons. The summed E-state index contributed by atoms with van der Waals surface area (Å²) in [4.78, 5) is 2.24. The lowest BCUT2D eigenvalue weighted by Crippen LogP contribution is -2.31. The van der Waals surface area contributed by atoms with Gasteiger partial charge in [0.1, 0.15) is 6.71 Å². The SMILES string of the molecule is CB(C)C.CB(C)c1c(C(C)C)cccc1C(C)C.CB(C)c1ccccc1.CC(C)c1cccc(C(C)C)c1N(C)C. The van der Waals surface area contributed by atoms with Gasteiger partial charge in [0.25, 0.3) is 0 Å². The Morgan fingerprint density at radius 1 is 0.442 bits per heavy atom. The van der Waals surface area contributed by atoms with Crippen LogP contribution in [0.4, 0.5) is 5.69 Å². The third-order valence-corrected chi connectivity index (χ3v) is 7.25. The lowest BCUT2D eigenvalue weighted by Gasteiger charge is -2.25. The molecule has 0 N–H and O–H groups in total. The summed E-state index contributed by atoms with van der Waals surface area (Å²) in [7, 11) is 4.26. The molecular formula is C39H66B3N. The van der Waals surface area contributed by atoms with Gasteiger partial charge in [0.2, 0.25) is 0 Å². The first-order chi connectivity index (χ1) is 19.9. The standard InChI is InChI=1S/C14H23B.C14H23N.C8H11B.C3H9B/c2*1-10(2)12-8-7-9-13(11(3)4)14(12)15(5)6;1-9(2)8-6-4-3-5-7-8;1-4(2)3/h2*7-11H,1-6H3;3-7H,1-2H3;1-3H3. The maximum Gasteiger partial charge on any atom is 0.170 e. The number of anilines is 1. The third-order valence-electron chi connectivity index (χ3n) is 7.25. The van der Waals surface area contributed by atoms with E-state index < -0.39 is 0 Å². The van der Waals surface area contributed by atoms with Crippen LogP contribution in [0, 0.1) is 0 Å². The quantitative estimate of drug-likeness (QED) is 0.251. The Bertz CT molecular complexity index is 1020. The predicted molar refractivity (Wildman–Crippen MR) is 208 cm³/mol. The molecule has 1 nitrogen and oxygen atoms in total. The van der Waals surface area contributed by atoms with Crippen LogP contribution in [-0.4, -0.2) is 34.2 Å². The molecule has 4 heteroatoms. The van der Waals surface area contributed by atoms with Crippen LogP contribution in [0.5, 0.6) is 0 Å². The van der Waals surface area contributed by atoms with Crippen LogP contribution >= 0.6 is 0 Å². The van der Waals surface area contributed by atoms with Gasteiger partial charge in [-0.25, -0.2) is 0 Å². The van der Waals surface area contributed by atoms with Crippen LogP contribution in [0.2, 0.25) is 47.8 Å². The molecule has 0 saturated carbocycles. The maximum atomic E-state index is 2.30. The van der Waals surface area contributed by atoms with Crippen LogP contribution in [0.25, 0.3) is 0 Å². The average molecular weight is 581 g/mol. The molecule has 43 heavy (non-hydrogen) atoms. The number of benzene rings is 3. The molecule has 0 saturated heterocycles. The van der Waals surface area contributed by atoms with Gasteiger partial charge in [0.05, 0.1) is 0 Å². The second-order valence-corrected chi connectivity index (χ2v) is 14.6. The number of hydrogen-bond acceptors (Lipinski definition) is 1. The normalized spacial score (nSPS) is 10.3. The molecule has 3 aromatic carbocycles. The molecule has 0 aromatic heterocycles. The number of rotatable bonds is 7. The molecule has 3 rings (SSSR count). The van der Waals surface area contributed by atoms with E-state index in [1.165, 1.54) is 33.4 Å². The highest BCUT2D eigenvalue weighted by Gasteiger charge is 2.17. The Kier molecular flexibility index (Phi) is 19.5. The second kappa shape index (κ2) is 20.6. The number of nitrogens with zero attached hydrogens (tertiary/aromatic N) is 1. The molecule has 0 amide bonds. The number of para-hydroxylation sites is 1. The van der Waals surface area contributed by atoms with Crippen molar-refractivity contribution in [2.45, 2.75) is 127 Å². The highest BCUT2D eigenvalue weighted by atomic mass is 15.1. The average Bonchev–Trinajstić information content (AvgIpc) is 2.92. The van der Waals surface area contributed by atoms with E-state index in [0.29, 0.717) is 37.1 Å². The van der Waals surface area contributed by atoms with Crippen LogP contribution in [0.15, 0.2) is 66.7 Å². The predicted octanol–water partition coefficient (Wildman–Crippen LogP) is 10.9. The van der Waals surface area contributed by atoms with Gasteiger partial charge in [-0.05, 0) is 34.8 Å². The Balaban J connectivity index is 0.000000593. The van der Waals surface area contributed by atoms with Crippen molar-refractivity contribution < 1.29 is 0 Å². The van der Waals surface area contributed by atoms with Gasteiger partial charge in [-0.15, -0.1) is 0 Å². The largest absolute Gasteiger partial charge is 0.377 e. The fourth-order valence-electron chi connectivity index (χ4n) is 5.14. The van der Waals surface area contributed by atoms with Crippen molar-refractivity contribution in [1.29, 1.82) is 0 Å². The molecular weight excluding hydrogens is 515 g/mol. The Morgan fingerprint density at radius 2 is 0.767 bits per heavy atom. The Hall–Kier alpha value is -2.35. The van der Waals surface area contributed by atoms with Gasteiger partial charge in [-0.3, -0.25) is 0 Å². The zero-order valence-corrected chi connectivity index (χ0v) is 31.3. The lowest BCUT2D eigenvalue weighted by molar-refractivity contribution is 0.822. The first kappa shape index (κ1) is 40.7. The minimum absolute atomic E-state index is 0.584. The van der Waals surface area contributed by atoms with E-state index in [1.807, 2.05) is 6.07 Å². The maximum absolute atomic E-state index is 2.30. The molecule has 0 atom stereocenters. The van der Waals surface area contributed by atoms with Crippen molar-refractivity contribution in [3.8, 4) is 0 Å². The third kappa shape index (κ3) is 14.8. The fourth-order valence-corrected chi connectivity index (χ4v) is 5.14. The summed E-state index contributed by atoms with van der Waals surface area (Å²) >= 11 is 0. The molecule has 0 aliphatic heterocycles. The van der Waals surface area contributed by atoms with Crippen molar-refractivity contribution >= 4 is 36.8 Å². The molecule has 0 heterocycles. The molecule has 0 aliphatic carbocycles.